The standard InChI is InChI=1S/C12H16N6O3/c1-3-16(2)9-6-11(19)18(13-7-9)5-4-17-8-10(12(20)21)14-15-17/h6-8H,3-5H2,1-2H3,(H,20,21). The van der Waals surface area contributed by atoms with Crippen molar-refractivity contribution in [3.8, 4) is 0 Å². The predicted octanol–water partition coefficient (Wildman–Crippen LogP) is -0.311. The fourth-order valence-electron chi connectivity index (χ4n) is 1.69. The van der Waals surface area contributed by atoms with Crippen LogP contribution in [0.2, 0.25) is 0 Å². The molecule has 0 amide bonds. The molecule has 0 unspecified atom stereocenters. The van der Waals surface area contributed by atoms with Crippen molar-refractivity contribution >= 4 is 11.7 Å². The molecule has 0 fully saturated rings. The second kappa shape index (κ2) is 6.16. The summed E-state index contributed by atoms with van der Waals surface area (Å²) in [4.78, 5) is 24.5. The summed E-state index contributed by atoms with van der Waals surface area (Å²) in [5.74, 6) is -1.14. The fraction of sp³-hybridized carbons (Fsp3) is 0.417. The van der Waals surface area contributed by atoms with E-state index in [9.17, 15) is 9.59 Å². The van der Waals surface area contributed by atoms with Crippen molar-refractivity contribution in [2.45, 2.75) is 20.0 Å². The molecule has 0 saturated heterocycles. The Hall–Kier alpha value is -2.71. The van der Waals surface area contributed by atoms with E-state index < -0.39 is 5.97 Å². The van der Waals surface area contributed by atoms with Crippen LogP contribution in [0.5, 0.6) is 0 Å². The predicted molar refractivity (Wildman–Crippen MR) is 74.4 cm³/mol. The summed E-state index contributed by atoms with van der Waals surface area (Å²) in [5, 5.41) is 20.0. The van der Waals surface area contributed by atoms with Crippen molar-refractivity contribution in [2.24, 2.45) is 0 Å². The highest BCUT2D eigenvalue weighted by Gasteiger charge is 2.08. The van der Waals surface area contributed by atoms with Gasteiger partial charge in [0.15, 0.2) is 5.69 Å². The van der Waals surface area contributed by atoms with Crippen molar-refractivity contribution in [1.82, 2.24) is 24.8 Å². The molecule has 0 aliphatic heterocycles. The van der Waals surface area contributed by atoms with Crippen molar-refractivity contribution < 1.29 is 9.90 Å². The molecular formula is C12H16N6O3. The Morgan fingerprint density at radius 1 is 1.43 bits per heavy atom. The average Bonchev–Trinajstić information content (AvgIpc) is 2.94. The topological polar surface area (TPSA) is 106 Å². The molecule has 21 heavy (non-hydrogen) atoms. The largest absolute Gasteiger partial charge is 0.476 e. The van der Waals surface area contributed by atoms with Crippen LogP contribution in [0, 0.1) is 0 Å². The first-order valence-corrected chi connectivity index (χ1v) is 6.43. The van der Waals surface area contributed by atoms with Gasteiger partial charge in [0.25, 0.3) is 5.56 Å². The number of anilines is 1. The molecule has 0 radical (unpaired) electrons. The van der Waals surface area contributed by atoms with Gasteiger partial charge in [0.2, 0.25) is 0 Å². The summed E-state index contributed by atoms with van der Waals surface area (Å²) >= 11 is 0. The van der Waals surface area contributed by atoms with E-state index in [1.165, 1.54) is 21.6 Å². The highest BCUT2D eigenvalue weighted by molar-refractivity contribution is 5.84. The van der Waals surface area contributed by atoms with Crippen LogP contribution in [0.3, 0.4) is 0 Å². The average molecular weight is 292 g/mol. The molecule has 9 heteroatoms. The quantitative estimate of drug-likeness (QED) is 0.778. The van der Waals surface area contributed by atoms with Gasteiger partial charge in [-0.2, -0.15) is 5.10 Å². The normalized spacial score (nSPS) is 10.6. The molecule has 0 atom stereocenters. The van der Waals surface area contributed by atoms with Gasteiger partial charge in [0, 0.05) is 19.7 Å². The minimum atomic E-state index is -1.14. The van der Waals surface area contributed by atoms with Gasteiger partial charge in [-0.3, -0.25) is 4.79 Å². The molecule has 2 aromatic rings. The molecular weight excluding hydrogens is 276 g/mol. The number of hydrogen-bond acceptors (Lipinski definition) is 6. The van der Waals surface area contributed by atoms with Gasteiger partial charge in [-0.25, -0.2) is 14.2 Å². The lowest BCUT2D eigenvalue weighted by atomic mass is 10.4. The maximum absolute atomic E-state index is 11.9. The Balaban J connectivity index is 2.06. The van der Waals surface area contributed by atoms with Gasteiger partial charge in [-0.1, -0.05) is 5.21 Å². The monoisotopic (exact) mass is 292 g/mol. The SMILES string of the molecule is CCN(C)c1cnn(CCn2cc(C(=O)O)nn2)c(=O)c1. The second-order valence-corrected chi connectivity index (χ2v) is 4.46. The van der Waals surface area contributed by atoms with Gasteiger partial charge in [-0.15, -0.1) is 5.10 Å². The molecule has 2 rings (SSSR count). The van der Waals surface area contributed by atoms with E-state index in [1.54, 1.807) is 6.20 Å². The van der Waals surface area contributed by atoms with Crippen LogP contribution >= 0.6 is 0 Å². The van der Waals surface area contributed by atoms with E-state index in [1.807, 2.05) is 18.9 Å². The first-order valence-electron chi connectivity index (χ1n) is 6.43. The summed E-state index contributed by atoms with van der Waals surface area (Å²) in [5.41, 5.74) is 0.411. The smallest absolute Gasteiger partial charge is 0.358 e. The van der Waals surface area contributed by atoms with Gasteiger partial charge in [0.05, 0.1) is 31.2 Å². The third kappa shape index (κ3) is 3.44. The molecule has 0 aliphatic carbocycles. The first-order chi connectivity index (χ1) is 10.0. The molecule has 112 valence electrons. The van der Waals surface area contributed by atoms with Crippen LogP contribution in [-0.4, -0.2) is 49.4 Å². The van der Waals surface area contributed by atoms with E-state index in [2.05, 4.69) is 15.4 Å². The number of carbonyl (C=O) groups is 1. The van der Waals surface area contributed by atoms with Crippen LogP contribution in [0.4, 0.5) is 5.69 Å². The molecule has 0 saturated carbocycles. The first kappa shape index (κ1) is 14.7. The molecule has 0 aromatic carbocycles. The zero-order valence-electron chi connectivity index (χ0n) is 11.8. The highest BCUT2D eigenvalue weighted by atomic mass is 16.4. The maximum Gasteiger partial charge on any atom is 0.358 e. The third-order valence-electron chi connectivity index (χ3n) is 3.07. The van der Waals surface area contributed by atoms with Gasteiger partial charge < -0.3 is 10.0 Å². The summed E-state index contributed by atoms with van der Waals surface area (Å²) < 4.78 is 2.67. The van der Waals surface area contributed by atoms with E-state index >= 15 is 0 Å². The van der Waals surface area contributed by atoms with E-state index in [0.29, 0.717) is 6.54 Å². The molecule has 9 nitrogen and oxygen atoms in total. The van der Waals surface area contributed by atoms with Crippen molar-refractivity contribution in [3.63, 3.8) is 0 Å². The Kier molecular flexibility index (Phi) is 4.31. The van der Waals surface area contributed by atoms with Crippen LogP contribution in [-0.2, 0) is 13.1 Å². The van der Waals surface area contributed by atoms with Gasteiger partial charge in [0.1, 0.15) is 0 Å². The second-order valence-electron chi connectivity index (χ2n) is 4.46. The van der Waals surface area contributed by atoms with E-state index in [-0.39, 0.29) is 17.8 Å². The lowest BCUT2D eigenvalue weighted by molar-refractivity contribution is 0.0690. The third-order valence-corrected chi connectivity index (χ3v) is 3.07. The molecule has 0 spiro atoms. The summed E-state index contributed by atoms with van der Waals surface area (Å²) in [6.45, 7) is 3.37. The number of carboxylic acids is 1. The van der Waals surface area contributed by atoms with Crippen LogP contribution in [0.1, 0.15) is 17.4 Å². The lowest BCUT2D eigenvalue weighted by Gasteiger charge is -2.16. The zero-order valence-corrected chi connectivity index (χ0v) is 11.8. The lowest BCUT2D eigenvalue weighted by Crippen LogP contribution is -2.27. The van der Waals surface area contributed by atoms with Crippen LogP contribution < -0.4 is 10.5 Å². The Morgan fingerprint density at radius 2 is 2.19 bits per heavy atom. The summed E-state index contributed by atoms with van der Waals surface area (Å²) in [6.07, 6.45) is 2.93. The molecule has 1 N–H and O–H groups in total. The minimum Gasteiger partial charge on any atom is -0.476 e. The van der Waals surface area contributed by atoms with Crippen LogP contribution in [0.25, 0.3) is 0 Å². The van der Waals surface area contributed by atoms with Crippen molar-refractivity contribution in [2.75, 3.05) is 18.5 Å². The Morgan fingerprint density at radius 3 is 2.76 bits per heavy atom. The number of aryl methyl sites for hydroxylation is 2. The number of rotatable bonds is 6. The molecule has 2 aromatic heterocycles. The number of nitrogens with zero attached hydrogens (tertiary/aromatic N) is 6. The molecule has 2 heterocycles. The number of carboxylic acid groups (broad SMARTS) is 1. The molecule has 0 aliphatic rings. The molecule has 0 bridgehead atoms. The van der Waals surface area contributed by atoms with Gasteiger partial charge in [-0.05, 0) is 6.92 Å². The van der Waals surface area contributed by atoms with Crippen molar-refractivity contribution in [3.05, 3.63) is 34.5 Å². The van der Waals surface area contributed by atoms with Crippen molar-refractivity contribution in [1.29, 1.82) is 0 Å². The number of aromatic carboxylic acids is 1. The Bertz CT molecular complexity index is 692. The number of hydrogen-bond donors (Lipinski definition) is 1. The maximum atomic E-state index is 11.9. The highest BCUT2D eigenvalue weighted by Crippen LogP contribution is 2.05. The van der Waals surface area contributed by atoms with Gasteiger partial charge >= 0.3 is 5.97 Å². The van der Waals surface area contributed by atoms with E-state index in [0.717, 1.165) is 12.2 Å². The number of aromatic nitrogens is 5. The van der Waals surface area contributed by atoms with Crippen LogP contribution in [0.15, 0.2) is 23.3 Å². The fourth-order valence-corrected chi connectivity index (χ4v) is 1.69. The summed E-state index contributed by atoms with van der Waals surface area (Å²) in [7, 11) is 1.88. The Labute approximate surface area is 120 Å². The summed E-state index contributed by atoms with van der Waals surface area (Å²) in [6, 6.07) is 1.51. The minimum absolute atomic E-state index is 0.129. The zero-order chi connectivity index (χ0) is 15.4. The van der Waals surface area contributed by atoms with E-state index in [4.69, 9.17) is 5.11 Å².